The van der Waals surface area contributed by atoms with Crippen molar-refractivity contribution in [3.63, 3.8) is 0 Å². The van der Waals surface area contributed by atoms with E-state index in [0.29, 0.717) is 12.2 Å². The van der Waals surface area contributed by atoms with E-state index in [9.17, 15) is 9.59 Å². The Morgan fingerprint density at radius 2 is 1.81 bits per heavy atom. The average Bonchev–Trinajstić information content (AvgIpc) is 2.57. The highest BCUT2D eigenvalue weighted by molar-refractivity contribution is 5.95. The molecule has 1 saturated heterocycles. The van der Waals surface area contributed by atoms with Gasteiger partial charge >= 0.3 is 6.03 Å². The number of nitrogens with zero attached hydrogens (tertiary/aromatic N) is 3. The molecule has 7 heteroatoms. The van der Waals surface area contributed by atoms with Crippen LogP contribution in [0.1, 0.15) is 18.4 Å². The number of hydrogen-bond donors (Lipinski definition) is 2. The molecule has 7 nitrogen and oxygen atoms in total. The number of carbonyl (C=O) groups is 2. The molecule has 0 spiro atoms. The summed E-state index contributed by atoms with van der Waals surface area (Å²) in [6.07, 6.45) is 1.97. The molecule has 1 fully saturated rings. The molecule has 0 atom stereocenters. The number of aryl methyl sites for hydroxylation is 1. The van der Waals surface area contributed by atoms with Crippen molar-refractivity contribution in [1.29, 1.82) is 0 Å². The van der Waals surface area contributed by atoms with Crippen LogP contribution in [-0.4, -0.2) is 80.5 Å². The van der Waals surface area contributed by atoms with Gasteiger partial charge in [0.15, 0.2) is 0 Å². The number of rotatable bonds is 5. The molecule has 0 aromatic heterocycles. The zero-order chi connectivity index (χ0) is 19.3. The van der Waals surface area contributed by atoms with Crippen molar-refractivity contribution in [2.75, 3.05) is 58.5 Å². The third kappa shape index (κ3) is 5.71. The van der Waals surface area contributed by atoms with Crippen LogP contribution in [0.5, 0.6) is 0 Å². The maximum atomic E-state index is 12.6. The predicted octanol–water partition coefficient (Wildman–Crippen LogP) is 2.05. The van der Waals surface area contributed by atoms with E-state index in [1.165, 1.54) is 0 Å². The lowest BCUT2D eigenvalue weighted by molar-refractivity contribution is -0.116. The number of likely N-dealkylation sites (tertiary alicyclic amines) is 1. The van der Waals surface area contributed by atoms with Crippen LogP contribution in [0.3, 0.4) is 0 Å². The highest BCUT2D eigenvalue weighted by Gasteiger charge is 2.24. The molecule has 0 radical (unpaired) electrons. The van der Waals surface area contributed by atoms with Crippen LogP contribution < -0.4 is 10.6 Å². The number of hydrogen-bond acceptors (Lipinski definition) is 4. The minimum Gasteiger partial charge on any atom is -0.325 e. The second-order valence-electron chi connectivity index (χ2n) is 7.39. The molecule has 2 rings (SSSR count). The first-order chi connectivity index (χ1) is 12.3. The molecule has 1 aliphatic rings. The van der Waals surface area contributed by atoms with Crippen LogP contribution >= 0.6 is 0 Å². The van der Waals surface area contributed by atoms with Crippen molar-refractivity contribution in [3.05, 3.63) is 23.8 Å². The van der Waals surface area contributed by atoms with E-state index in [1.807, 2.05) is 51.2 Å². The van der Waals surface area contributed by atoms with Gasteiger partial charge in [-0.2, -0.15) is 0 Å². The summed E-state index contributed by atoms with van der Waals surface area (Å²) in [5, 5.41) is 5.85. The Labute approximate surface area is 156 Å². The number of carbonyl (C=O) groups excluding carboxylic acids is 2. The highest BCUT2D eigenvalue weighted by atomic mass is 16.2. The Hall–Kier alpha value is -2.12. The van der Waals surface area contributed by atoms with E-state index in [4.69, 9.17) is 0 Å². The summed E-state index contributed by atoms with van der Waals surface area (Å²) < 4.78 is 0. The minimum absolute atomic E-state index is 0.0787. The third-order valence-electron chi connectivity index (χ3n) is 4.78. The second-order valence-corrected chi connectivity index (χ2v) is 7.39. The zero-order valence-corrected chi connectivity index (χ0v) is 16.5. The molecule has 1 aliphatic heterocycles. The summed E-state index contributed by atoms with van der Waals surface area (Å²) >= 11 is 0. The number of nitrogens with one attached hydrogen (secondary N) is 2. The summed E-state index contributed by atoms with van der Waals surface area (Å²) in [4.78, 5) is 30.4. The summed E-state index contributed by atoms with van der Waals surface area (Å²) in [5.41, 5.74) is 2.36. The smallest absolute Gasteiger partial charge is 0.321 e. The first kappa shape index (κ1) is 20.2. The first-order valence-electron chi connectivity index (χ1n) is 9.04. The Morgan fingerprint density at radius 3 is 2.42 bits per heavy atom. The largest absolute Gasteiger partial charge is 0.325 e. The molecule has 1 aromatic rings. The van der Waals surface area contributed by atoms with E-state index in [2.05, 4.69) is 22.6 Å². The molecule has 0 aliphatic carbocycles. The molecule has 144 valence electrons. The topological polar surface area (TPSA) is 67.9 Å². The lowest BCUT2D eigenvalue weighted by Crippen LogP contribution is -2.46. The highest BCUT2D eigenvalue weighted by Crippen LogP contribution is 2.21. The van der Waals surface area contributed by atoms with Crippen molar-refractivity contribution in [3.8, 4) is 0 Å². The molecule has 1 aromatic carbocycles. The van der Waals surface area contributed by atoms with Gasteiger partial charge in [-0.1, -0.05) is 6.07 Å². The SMILES string of the molecule is Cc1ccc(NC(=O)N(C)C2CCN(C)CC2)cc1NC(=O)CN(C)C. The average molecular weight is 361 g/mol. The molecule has 2 N–H and O–H groups in total. The van der Waals surface area contributed by atoms with E-state index in [1.54, 1.807) is 4.90 Å². The van der Waals surface area contributed by atoms with Crippen LogP contribution in [0.25, 0.3) is 0 Å². The van der Waals surface area contributed by atoms with Gasteiger partial charge in [-0.3, -0.25) is 4.79 Å². The monoisotopic (exact) mass is 361 g/mol. The number of piperidine rings is 1. The third-order valence-corrected chi connectivity index (χ3v) is 4.78. The quantitative estimate of drug-likeness (QED) is 0.842. The zero-order valence-electron chi connectivity index (χ0n) is 16.5. The Kier molecular flexibility index (Phi) is 6.99. The molecule has 1 heterocycles. The van der Waals surface area contributed by atoms with Crippen LogP contribution in [-0.2, 0) is 4.79 Å². The maximum Gasteiger partial charge on any atom is 0.321 e. The summed E-state index contributed by atoms with van der Waals surface area (Å²) in [6.45, 7) is 4.26. The van der Waals surface area contributed by atoms with Gasteiger partial charge in [-0.05, 0) is 71.7 Å². The standard InChI is InChI=1S/C19H31N5O2/c1-14-6-7-15(12-17(14)21-18(25)13-22(2)3)20-19(26)24(5)16-8-10-23(4)11-9-16/h6-7,12,16H,8-11,13H2,1-5H3,(H,20,26)(H,21,25). The van der Waals surface area contributed by atoms with E-state index in [0.717, 1.165) is 37.2 Å². The van der Waals surface area contributed by atoms with E-state index >= 15 is 0 Å². The van der Waals surface area contributed by atoms with Crippen molar-refractivity contribution < 1.29 is 9.59 Å². The number of amides is 3. The van der Waals surface area contributed by atoms with Crippen molar-refractivity contribution in [2.24, 2.45) is 0 Å². The van der Waals surface area contributed by atoms with Gasteiger partial charge in [-0.15, -0.1) is 0 Å². The van der Waals surface area contributed by atoms with Gasteiger partial charge in [0.1, 0.15) is 0 Å². The summed E-state index contributed by atoms with van der Waals surface area (Å²) in [7, 11) is 7.65. The lowest BCUT2D eigenvalue weighted by Gasteiger charge is -2.35. The number of likely N-dealkylation sites (N-methyl/N-ethyl adjacent to an activating group) is 1. The Balaban J connectivity index is 1.99. The fraction of sp³-hybridized carbons (Fsp3) is 0.579. The van der Waals surface area contributed by atoms with Gasteiger partial charge < -0.3 is 25.3 Å². The predicted molar refractivity (Wildman–Crippen MR) is 106 cm³/mol. The molecule has 0 saturated carbocycles. The fourth-order valence-corrected chi connectivity index (χ4v) is 3.07. The fourth-order valence-electron chi connectivity index (χ4n) is 3.07. The molecule has 3 amide bonds. The Morgan fingerprint density at radius 1 is 1.15 bits per heavy atom. The van der Waals surface area contributed by atoms with E-state index < -0.39 is 0 Å². The van der Waals surface area contributed by atoms with Crippen LogP contribution in [0, 0.1) is 6.92 Å². The van der Waals surface area contributed by atoms with Gasteiger partial charge in [0.05, 0.1) is 6.54 Å². The normalized spacial score (nSPS) is 15.8. The van der Waals surface area contributed by atoms with Crippen LogP contribution in [0.4, 0.5) is 16.2 Å². The first-order valence-corrected chi connectivity index (χ1v) is 9.04. The summed E-state index contributed by atoms with van der Waals surface area (Å²) in [6, 6.07) is 5.71. The van der Waals surface area contributed by atoms with E-state index in [-0.39, 0.29) is 18.0 Å². The van der Waals surface area contributed by atoms with Gasteiger partial charge in [0, 0.05) is 24.5 Å². The van der Waals surface area contributed by atoms with Gasteiger partial charge in [0.25, 0.3) is 0 Å². The molecule has 26 heavy (non-hydrogen) atoms. The lowest BCUT2D eigenvalue weighted by atomic mass is 10.0. The Bertz CT molecular complexity index is 639. The second kappa shape index (κ2) is 9.00. The maximum absolute atomic E-state index is 12.6. The summed E-state index contributed by atoms with van der Waals surface area (Å²) in [5.74, 6) is -0.0787. The molecule has 0 unspecified atom stereocenters. The minimum atomic E-state index is -0.117. The van der Waals surface area contributed by atoms with Crippen molar-refractivity contribution >= 4 is 23.3 Å². The van der Waals surface area contributed by atoms with Gasteiger partial charge in [0.2, 0.25) is 5.91 Å². The number of urea groups is 1. The van der Waals surface area contributed by atoms with Crippen LogP contribution in [0.15, 0.2) is 18.2 Å². The number of anilines is 2. The molecular weight excluding hydrogens is 330 g/mol. The van der Waals surface area contributed by atoms with Crippen molar-refractivity contribution in [2.45, 2.75) is 25.8 Å². The van der Waals surface area contributed by atoms with Gasteiger partial charge in [-0.25, -0.2) is 4.79 Å². The van der Waals surface area contributed by atoms with Crippen LogP contribution in [0.2, 0.25) is 0 Å². The molecular formula is C19H31N5O2. The van der Waals surface area contributed by atoms with Crippen molar-refractivity contribution in [1.82, 2.24) is 14.7 Å². The molecule has 0 bridgehead atoms. The number of benzene rings is 1.